The van der Waals surface area contributed by atoms with Crippen molar-refractivity contribution in [1.82, 2.24) is 9.80 Å². The summed E-state index contributed by atoms with van der Waals surface area (Å²) in [6.07, 6.45) is 4.03. The van der Waals surface area contributed by atoms with Gasteiger partial charge in [-0.05, 0) is 75.6 Å². The summed E-state index contributed by atoms with van der Waals surface area (Å²) in [4.78, 5) is 32.7. The molecule has 3 aromatic rings. The number of hydrogen-bond donors (Lipinski definition) is 0. The lowest BCUT2D eigenvalue weighted by Crippen LogP contribution is -2.59. The average Bonchev–Trinajstić information content (AvgIpc) is 3.43. The number of rotatable bonds is 7. The molecule has 1 unspecified atom stereocenters. The number of amides is 3. The van der Waals surface area contributed by atoms with Crippen molar-refractivity contribution in [3.05, 3.63) is 84.1 Å². The molecule has 5 rings (SSSR count). The molecule has 0 aliphatic carbocycles. The maximum Gasteiger partial charge on any atom is 0.332 e. The topological polar surface area (TPSA) is 66.2 Å². The maximum absolute atomic E-state index is 14.2. The van der Waals surface area contributed by atoms with Crippen molar-refractivity contribution in [3.63, 3.8) is 0 Å². The largest absolute Gasteiger partial charge is 0.491 e. The number of anilines is 1. The Hall–Kier alpha value is -3.65. The molecule has 3 heterocycles. The Kier molecular flexibility index (Phi) is 6.77. The number of carbonyl (C=O) groups is 2. The van der Waals surface area contributed by atoms with E-state index in [0.29, 0.717) is 31.6 Å². The Bertz CT molecular complexity index is 1280. The summed E-state index contributed by atoms with van der Waals surface area (Å²) < 4.78 is 25.2. The van der Waals surface area contributed by atoms with E-state index in [9.17, 15) is 14.0 Å². The molecule has 2 aromatic carbocycles. The van der Waals surface area contributed by atoms with Gasteiger partial charge in [0.05, 0.1) is 25.2 Å². The van der Waals surface area contributed by atoms with Crippen molar-refractivity contribution in [2.24, 2.45) is 0 Å². The van der Waals surface area contributed by atoms with Gasteiger partial charge in [-0.1, -0.05) is 18.2 Å². The van der Waals surface area contributed by atoms with Crippen molar-refractivity contribution in [1.29, 1.82) is 0 Å². The Morgan fingerprint density at radius 1 is 1.08 bits per heavy atom. The lowest BCUT2D eigenvalue weighted by molar-refractivity contribution is -0.133. The van der Waals surface area contributed by atoms with Crippen LogP contribution in [0.3, 0.4) is 0 Å². The number of likely N-dealkylation sites (tertiary alicyclic amines) is 1. The van der Waals surface area contributed by atoms with Gasteiger partial charge in [0.2, 0.25) is 0 Å². The summed E-state index contributed by atoms with van der Waals surface area (Å²) in [5.41, 5.74) is 1.17. The van der Waals surface area contributed by atoms with Crippen molar-refractivity contribution in [2.45, 2.75) is 64.4 Å². The van der Waals surface area contributed by atoms with E-state index in [2.05, 4.69) is 17.9 Å². The van der Waals surface area contributed by atoms with Crippen LogP contribution < -0.4 is 9.64 Å². The fourth-order valence-corrected chi connectivity index (χ4v) is 5.54. The molecule has 1 aromatic heterocycles. The van der Waals surface area contributed by atoms with E-state index in [4.69, 9.17) is 9.15 Å². The summed E-state index contributed by atoms with van der Waals surface area (Å²) in [6, 6.07) is 15.3. The quantitative estimate of drug-likeness (QED) is 0.391. The molecule has 3 amide bonds. The molecule has 0 saturated carbocycles. The zero-order chi connectivity index (χ0) is 26.2. The van der Waals surface area contributed by atoms with Crippen molar-refractivity contribution in [2.75, 3.05) is 11.4 Å². The third kappa shape index (κ3) is 4.85. The monoisotopic (exact) mass is 505 g/mol. The number of imide groups is 1. The number of hydrogen-bond acceptors (Lipinski definition) is 5. The second kappa shape index (κ2) is 10.0. The second-order valence-corrected chi connectivity index (χ2v) is 10.2. The van der Waals surface area contributed by atoms with Gasteiger partial charge in [0, 0.05) is 30.4 Å². The highest BCUT2D eigenvalue weighted by atomic mass is 19.1. The summed E-state index contributed by atoms with van der Waals surface area (Å²) >= 11 is 0. The van der Waals surface area contributed by atoms with Gasteiger partial charge in [-0.3, -0.25) is 19.5 Å². The molecule has 2 fully saturated rings. The lowest BCUT2D eigenvalue weighted by atomic mass is 9.81. The Balaban J connectivity index is 1.42. The lowest BCUT2D eigenvalue weighted by Gasteiger charge is -2.45. The molecule has 7 nitrogen and oxygen atoms in total. The van der Waals surface area contributed by atoms with Crippen LogP contribution in [0.4, 0.5) is 14.9 Å². The molecule has 2 aliphatic heterocycles. The molecule has 8 heteroatoms. The van der Waals surface area contributed by atoms with Gasteiger partial charge in [-0.2, -0.15) is 0 Å². The highest BCUT2D eigenvalue weighted by Crippen LogP contribution is 2.43. The van der Waals surface area contributed by atoms with Crippen LogP contribution in [0.1, 0.15) is 44.7 Å². The van der Waals surface area contributed by atoms with Crippen LogP contribution >= 0.6 is 0 Å². The van der Waals surface area contributed by atoms with Gasteiger partial charge in [-0.25, -0.2) is 9.18 Å². The Labute approximate surface area is 216 Å². The van der Waals surface area contributed by atoms with Crippen LogP contribution in [0, 0.1) is 5.82 Å². The van der Waals surface area contributed by atoms with Gasteiger partial charge in [0.1, 0.15) is 17.1 Å². The Morgan fingerprint density at radius 2 is 1.89 bits per heavy atom. The molecule has 0 radical (unpaired) electrons. The van der Waals surface area contributed by atoms with Gasteiger partial charge >= 0.3 is 6.03 Å². The predicted molar refractivity (Wildman–Crippen MR) is 138 cm³/mol. The van der Waals surface area contributed by atoms with Crippen LogP contribution in [0.2, 0.25) is 0 Å². The molecule has 2 atom stereocenters. The first-order valence-electron chi connectivity index (χ1n) is 12.7. The number of benzene rings is 2. The predicted octanol–water partition coefficient (Wildman–Crippen LogP) is 5.60. The first-order chi connectivity index (χ1) is 17.8. The molecule has 2 saturated heterocycles. The van der Waals surface area contributed by atoms with Crippen molar-refractivity contribution in [3.8, 4) is 5.75 Å². The molecule has 0 N–H and O–H groups in total. The molecule has 194 valence electrons. The Morgan fingerprint density at radius 3 is 2.59 bits per heavy atom. The average molecular weight is 506 g/mol. The van der Waals surface area contributed by atoms with E-state index in [0.717, 1.165) is 16.9 Å². The molecule has 37 heavy (non-hydrogen) atoms. The summed E-state index contributed by atoms with van der Waals surface area (Å²) in [5, 5.41) is 0. The van der Waals surface area contributed by atoms with E-state index in [-0.39, 0.29) is 24.6 Å². The first-order valence-corrected chi connectivity index (χ1v) is 12.7. The van der Waals surface area contributed by atoms with Crippen molar-refractivity contribution < 1.29 is 23.1 Å². The van der Waals surface area contributed by atoms with Gasteiger partial charge in [-0.15, -0.1) is 0 Å². The second-order valence-electron chi connectivity index (χ2n) is 10.2. The number of piperidine rings is 1. The molecular formula is C29H32FN3O4. The standard InChI is InChI=1S/C29H32FN3O4/c1-20(2)37-26-9-4-6-22(14-26)17-31-12-11-29(16-21(31)3)27(34)32(18-23-10-13-36-19-23)28(35)33(29)25-8-5-7-24(30)15-25/h4-10,13-15,19-21H,11-12,16-18H2,1-3H3/t21-,29?/m0/s1. The highest BCUT2D eigenvalue weighted by Gasteiger charge is 2.59. The summed E-state index contributed by atoms with van der Waals surface area (Å²) in [7, 11) is 0. The van der Waals surface area contributed by atoms with Crippen LogP contribution in [0.25, 0.3) is 0 Å². The zero-order valence-corrected chi connectivity index (χ0v) is 21.4. The SMILES string of the molecule is CC(C)Oc1cccc(CN2CCC3(C[C@@H]2C)C(=O)N(Cc2ccoc2)C(=O)N3c2cccc(F)c2)c1. The van der Waals surface area contributed by atoms with E-state index in [1.807, 2.05) is 32.0 Å². The van der Waals surface area contributed by atoms with Crippen LogP contribution in [0.15, 0.2) is 71.5 Å². The van der Waals surface area contributed by atoms with Crippen LogP contribution in [0.5, 0.6) is 5.75 Å². The molecule has 0 bridgehead atoms. The fourth-order valence-electron chi connectivity index (χ4n) is 5.54. The fraction of sp³-hybridized carbons (Fsp3) is 0.379. The summed E-state index contributed by atoms with van der Waals surface area (Å²) in [5.74, 6) is 0.134. The van der Waals surface area contributed by atoms with Gasteiger partial charge < -0.3 is 9.15 Å². The minimum absolute atomic E-state index is 0.00473. The molecule has 1 spiro atoms. The minimum Gasteiger partial charge on any atom is -0.491 e. The first kappa shape index (κ1) is 25.0. The number of halogens is 1. The van der Waals surface area contributed by atoms with E-state index < -0.39 is 17.4 Å². The van der Waals surface area contributed by atoms with E-state index in [1.165, 1.54) is 34.5 Å². The van der Waals surface area contributed by atoms with Crippen LogP contribution in [-0.2, 0) is 17.9 Å². The van der Waals surface area contributed by atoms with Gasteiger partial charge in [0.25, 0.3) is 5.91 Å². The van der Waals surface area contributed by atoms with Crippen molar-refractivity contribution >= 4 is 17.6 Å². The normalized spacial score (nSPS) is 22.5. The third-order valence-electron chi connectivity index (χ3n) is 7.21. The minimum atomic E-state index is -1.08. The van der Waals surface area contributed by atoms with E-state index >= 15 is 0 Å². The molecule has 2 aliphatic rings. The number of carbonyl (C=O) groups excluding carboxylic acids is 2. The van der Waals surface area contributed by atoms with Crippen LogP contribution in [-0.4, -0.2) is 46.0 Å². The maximum atomic E-state index is 14.2. The highest BCUT2D eigenvalue weighted by molar-refractivity contribution is 6.16. The molecular weight excluding hydrogens is 473 g/mol. The smallest absolute Gasteiger partial charge is 0.332 e. The third-order valence-corrected chi connectivity index (χ3v) is 7.21. The number of ether oxygens (including phenoxy) is 1. The number of furan rings is 1. The number of nitrogens with zero attached hydrogens (tertiary/aromatic N) is 3. The van der Waals surface area contributed by atoms with Gasteiger partial charge in [0.15, 0.2) is 0 Å². The van der Waals surface area contributed by atoms with E-state index in [1.54, 1.807) is 18.2 Å². The summed E-state index contributed by atoms with van der Waals surface area (Å²) in [6.45, 7) is 7.50. The number of urea groups is 1. The zero-order valence-electron chi connectivity index (χ0n) is 21.4.